The van der Waals surface area contributed by atoms with Crippen molar-refractivity contribution in [1.29, 1.82) is 5.26 Å². The third kappa shape index (κ3) is 3.49. The number of esters is 1. The normalized spacial score (nSPS) is 11.3. The smallest absolute Gasteiger partial charge is 0.351 e. The lowest BCUT2D eigenvalue weighted by Crippen LogP contribution is -2.13. The first-order valence-electron chi connectivity index (χ1n) is 5.86. The van der Waals surface area contributed by atoms with E-state index in [-0.39, 0.29) is 17.9 Å². The number of nitrogens with zero attached hydrogens (tertiary/aromatic N) is 2. The van der Waals surface area contributed by atoms with Crippen molar-refractivity contribution in [2.24, 2.45) is 5.73 Å². The molecule has 0 radical (unpaired) electrons. The molecule has 1 rings (SSSR count). The lowest BCUT2D eigenvalue weighted by Gasteiger charge is -2.13. The van der Waals surface area contributed by atoms with Crippen molar-refractivity contribution in [3.8, 4) is 6.07 Å². The molecule has 0 atom stereocenters. The van der Waals surface area contributed by atoms with Crippen LogP contribution in [0.4, 0.5) is 5.69 Å². The maximum absolute atomic E-state index is 11.6. The Hall–Kier alpha value is -2.48. The van der Waals surface area contributed by atoms with Gasteiger partial charge in [0.15, 0.2) is 5.57 Å². The number of carbonyl (C=O) groups is 1. The summed E-state index contributed by atoms with van der Waals surface area (Å²) in [5.74, 6) is -0.695. The molecule has 0 amide bonds. The van der Waals surface area contributed by atoms with Crippen molar-refractivity contribution < 1.29 is 9.53 Å². The molecule has 1 aromatic rings. The fourth-order valence-corrected chi connectivity index (χ4v) is 1.50. The van der Waals surface area contributed by atoms with Crippen LogP contribution in [0.2, 0.25) is 0 Å². The number of benzene rings is 1. The summed E-state index contributed by atoms with van der Waals surface area (Å²) < 4.78 is 4.79. The fourth-order valence-electron chi connectivity index (χ4n) is 1.50. The predicted molar refractivity (Wildman–Crippen MR) is 74.1 cm³/mol. The van der Waals surface area contributed by atoms with E-state index in [1.165, 1.54) is 0 Å². The second-order valence-corrected chi connectivity index (χ2v) is 4.06. The van der Waals surface area contributed by atoms with Crippen LogP contribution in [0, 0.1) is 11.3 Å². The van der Waals surface area contributed by atoms with Gasteiger partial charge in [-0.25, -0.2) is 4.79 Å². The molecule has 0 heterocycles. The molecular weight excluding hydrogens is 242 g/mol. The minimum absolute atomic E-state index is 0.131. The molecule has 0 saturated heterocycles. The zero-order valence-electron chi connectivity index (χ0n) is 11.3. The molecule has 0 bridgehead atoms. The first-order chi connectivity index (χ1) is 9.01. The molecule has 0 saturated carbocycles. The molecule has 19 heavy (non-hydrogen) atoms. The molecule has 0 aliphatic heterocycles. The highest BCUT2D eigenvalue weighted by Gasteiger charge is 2.15. The Morgan fingerprint density at radius 3 is 2.37 bits per heavy atom. The average molecular weight is 259 g/mol. The van der Waals surface area contributed by atoms with Crippen molar-refractivity contribution in [3.05, 3.63) is 35.4 Å². The Bertz CT molecular complexity index is 525. The molecular formula is C14H17N3O2. The van der Waals surface area contributed by atoms with Gasteiger partial charge >= 0.3 is 5.97 Å². The summed E-state index contributed by atoms with van der Waals surface area (Å²) in [5, 5.41) is 9.00. The molecule has 0 fully saturated rings. The van der Waals surface area contributed by atoms with E-state index < -0.39 is 5.97 Å². The number of hydrogen-bond acceptors (Lipinski definition) is 5. The maximum Gasteiger partial charge on any atom is 0.351 e. The summed E-state index contributed by atoms with van der Waals surface area (Å²) in [6.07, 6.45) is 0. The molecule has 2 N–H and O–H groups in total. The third-order valence-electron chi connectivity index (χ3n) is 2.56. The van der Waals surface area contributed by atoms with E-state index in [0.29, 0.717) is 5.56 Å². The summed E-state index contributed by atoms with van der Waals surface area (Å²) in [5.41, 5.74) is 7.44. The molecule has 0 aromatic heterocycles. The van der Waals surface area contributed by atoms with Crippen LogP contribution in [0.25, 0.3) is 5.70 Å². The highest BCUT2D eigenvalue weighted by Crippen LogP contribution is 2.18. The van der Waals surface area contributed by atoms with Crippen LogP contribution in [-0.4, -0.2) is 26.7 Å². The highest BCUT2D eigenvalue weighted by atomic mass is 16.5. The maximum atomic E-state index is 11.6. The molecule has 0 unspecified atom stereocenters. The summed E-state index contributed by atoms with van der Waals surface area (Å²) in [6, 6.07) is 9.05. The summed E-state index contributed by atoms with van der Waals surface area (Å²) in [6.45, 7) is 1.88. The molecule has 1 aromatic carbocycles. The van der Waals surface area contributed by atoms with Gasteiger partial charge in [0.25, 0.3) is 0 Å². The number of nitriles is 1. The van der Waals surface area contributed by atoms with E-state index in [9.17, 15) is 4.79 Å². The van der Waals surface area contributed by atoms with E-state index in [1.807, 2.05) is 31.1 Å². The van der Waals surface area contributed by atoms with Crippen molar-refractivity contribution in [3.63, 3.8) is 0 Å². The lowest BCUT2D eigenvalue weighted by molar-refractivity contribution is -0.137. The molecule has 5 nitrogen and oxygen atoms in total. The fraction of sp³-hybridized carbons (Fsp3) is 0.286. The Balaban J connectivity index is 3.12. The third-order valence-corrected chi connectivity index (χ3v) is 2.56. The van der Waals surface area contributed by atoms with Gasteiger partial charge in [0, 0.05) is 19.8 Å². The molecule has 5 heteroatoms. The van der Waals surface area contributed by atoms with E-state index in [2.05, 4.69) is 0 Å². The summed E-state index contributed by atoms with van der Waals surface area (Å²) in [7, 11) is 3.85. The van der Waals surface area contributed by atoms with Gasteiger partial charge in [-0.2, -0.15) is 5.26 Å². The van der Waals surface area contributed by atoms with Crippen LogP contribution in [0.5, 0.6) is 0 Å². The standard InChI is InChI=1S/C14H17N3O2/c1-4-19-14(18)12(9-15)13(16)10-5-7-11(8-6-10)17(2)3/h5-8H,4,16H2,1-3H3/b13-12-. The number of anilines is 1. The zero-order valence-corrected chi connectivity index (χ0v) is 11.3. The molecule has 0 aliphatic carbocycles. The monoisotopic (exact) mass is 259 g/mol. The SMILES string of the molecule is CCOC(=O)/C(C#N)=C(\N)c1ccc(N(C)C)cc1. The molecule has 0 spiro atoms. The van der Waals surface area contributed by atoms with Gasteiger partial charge in [-0.1, -0.05) is 12.1 Å². The average Bonchev–Trinajstić information content (AvgIpc) is 2.39. The van der Waals surface area contributed by atoms with E-state index in [1.54, 1.807) is 25.1 Å². The van der Waals surface area contributed by atoms with Gasteiger partial charge < -0.3 is 15.4 Å². The van der Waals surface area contributed by atoms with E-state index in [0.717, 1.165) is 5.69 Å². The van der Waals surface area contributed by atoms with Gasteiger partial charge in [0.05, 0.1) is 12.3 Å². The van der Waals surface area contributed by atoms with Crippen molar-refractivity contribution in [2.75, 3.05) is 25.6 Å². The number of ether oxygens (including phenoxy) is 1. The minimum Gasteiger partial charge on any atom is -0.462 e. The Kier molecular flexibility index (Phi) is 4.95. The lowest BCUT2D eigenvalue weighted by atomic mass is 10.1. The van der Waals surface area contributed by atoms with Crippen LogP contribution in [0.1, 0.15) is 12.5 Å². The van der Waals surface area contributed by atoms with Gasteiger partial charge in [-0.3, -0.25) is 0 Å². The minimum atomic E-state index is -0.695. The second kappa shape index (κ2) is 6.45. The highest BCUT2D eigenvalue weighted by molar-refractivity contribution is 6.01. The molecule has 100 valence electrons. The molecule has 0 aliphatic rings. The van der Waals surface area contributed by atoms with Gasteiger partial charge in [0.2, 0.25) is 0 Å². The largest absolute Gasteiger partial charge is 0.462 e. The topological polar surface area (TPSA) is 79.3 Å². The summed E-state index contributed by atoms with van der Waals surface area (Å²) in [4.78, 5) is 13.5. The first-order valence-corrected chi connectivity index (χ1v) is 5.86. The quantitative estimate of drug-likeness (QED) is 0.503. The van der Waals surface area contributed by atoms with Crippen LogP contribution < -0.4 is 10.6 Å². The van der Waals surface area contributed by atoms with Gasteiger partial charge in [-0.15, -0.1) is 0 Å². The van der Waals surface area contributed by atoms with Crippen molar-refractivity contribution in [2.45, 2.75) is 6.92 Å². The second-order valence-electron chi connectivity index (χ2n) is 4.06. The van der Waals surface area contributed by atoms with Crippen molar-refractivity contribution in [1.82, 2.24) is 0 Å². The number of rotatable bonds is 4. The van der Waals surface area contributed by atoms with Gasteiger partial charge in [0.1, 0.15) is 6.07 Å². The van der Waals surface area contributed by atoms with Crippen LogP contribution in [-0.2, 0) is 9.53 Å². The number of carbonyl (C=O) groups excluding carboxylic acids is 1. The van der Waals surface area contributed by atoms with Gasteiger partial charge in [-0.05, 0) is 24.6 Å². The van der Waals surface area contributed by atoms with E-state index in [4.69, 9.17) is 15.7 Å². The van der Waals surface area contributed by atoms with Crippen LogP contribution >= 0.6 is 0 Å². The number of nitrogens with two attached hydrogens (primary N) is 1. The summed E-state index contributed by atoms with van der Waals surface area (Å²) >= 11 is 0. The van der Waals surface area contributed by atoms with Crippen LogP contribution in [0.15, 0.2) is 29.8 Å². The Labute approximate surface area is 112 Å². The Morgan fingerprint density at radius 1 is 1.37 bits per heavy atom. The Morgan fingerprint density at radius 2 is 1.95 bits per heavy atom. The number of hydrogen-bond donors (Lipinski definition) is 1. The predicted octanol–water partition coefficient (Wildman–Crippen LogP) is 1.51. The zero-order chi connectivity index (χ0) is 14.4. The van der Waals surface area contributed by atoms with Crippen LogP contribution in [0.3, 0.4) is 0 Å². The van der Waals surface area contributed by atoms with Crippen molar-refractivity contribution >= 4 is 17.4 Å². The van der Waals surface area contributed by atoms with E-state index >= 15 is 0 Å². The first kappa shape index (κ1) is 14.6.